The molecule has 3 rings (SSSR count). The van der Waals surface area contributed by atoms with Crippen LogP contribution in [-0.2, 0) is 26.2 Å². The molecular weight excluding hydrogens is 570 g/mol. The van der Waals surface area contributed by atoms with Gasteiger partial charge < -0.3 is 20.5 Å². The lowest BCUT2D eigenvalue weighted by molar-refractivity contribution is -0.140. The van der Waals surface area contributed by atoms with Crippen LogP contribution in [0.3, 0.4) is 0 Å². The molecule has 0 heterocycles. The van der Waals surface area contributed by atoms with Gasteiger partial charge in [-0.1, -0.05) is 74.8 Å². The minimum absolute atomic E-state index is 0.0337. The number of aliphatic carboxylic acids is 1. The Kier molecular flexibility index (Phi) is 10.4. The number of hydrogen-bond acceptors (Lipinski definition) is 6. The Hall–Kier alpha value is -4.09. The Labute approximate surface area is 244 Å². The van der Waals surface area contributed by atoms with Crippen LogP contribution in [0, 0.1) is 5.41 Å². The highest BCUT2D eigenvalue weighted by Gasteiger charge is 2.43. The van der Waals surface area contributed by atoms with E-state index in [1.54, 1.807) is 26.8 Å². The number of benzene rings is 3. The molecule has 0 aliphatic carbocycles. The second-order valence-electron chi connectivity index (χ2n) is 10.2. The van der Waals surface area contributed by atoms with E-state index in [9.17, 15) is 27.9 Å². The van der Waals surface area contributed by atoms with Gasteiger partial charge in [0.25, 0.3) is 15.9 Å². The van der Waals surface area contributed by atoms with Crippen molar-refractivity contribution in [1.82, 2.24) is 10.6 Å². The van der Waals surface area contributed by atoms with Crippen LogP contribution in [0.25, 0.3) is 0 Å². The van der Waals surface area contributed by atoms with Gasteiger partial charge in [-0.3, -0.25) is 9.10 Å². The van der Waals surface area contributed by atoms with E-state index in [2.05, 4.69) is 10.6 Å². The van der Waals surface area contributed by atoms with Gasteiger partial charge in [-0.25, -0.2) is 18.0 Å². The van der Waals surface area contributed by atoms with Crippen molar-refractivity contribution >= 4 is 45.3 Å². The fraction of sp³-hybridized carbons (Fsp3) is 0.276. The number of alkyl carbamates (subject to hydrolysis) is 1. The van der Waals surface area contributed by atoms with Gasteiger partial charge in [0.05, 0.1) is 10.6 Å². The van der Waals surface area contributed by atoms with Gasteiger partial charge in [0.1, 0.15) is 12.6 Å². The number of carboxylic acids is 1. The van der Waals surface area contributed by atoms with E-state index in [0.717, 1.165) is 9.87 Å². The average Bonchev–Trinajstić information content (AvgIpc) is 2.92. The van der Waals surface area contributed by atoms with Crippen molar-refractivity contribution in [1.29, 1.82) is 0 Å². The van der Waals surface area contributed by atoms with Crippen LogP contribution in [0.1, 0.15) is 36.7 Å². The van der Waals surface area contributed by atoms with Crippen LogP contribution >= 0.6 is 11.6 Å². The third-order valence-electron chi connectivity index (χ3n) is 5.90. The second-order valence-corrected chi connectivity index (χ2v) is 12.4. The number of sulfonamides is 1. The van der Waals surface area contributed by atoms with Gasteiger partial charge in [-0.2, -0.15) is 0 Å². The molecule has 0 saturated carbocycles. The Morgan fingerprint density at radius 2 is 1.59 bits per heavy atom. The maximum atomic E-state index is 13.9. The molecule has 0 radical (unpaired) electrons. The molecule has 0 aliphatic heterocycles. The quantitative estimate of drug-likeness (QED) is 0.271. The molecule has 12 heteroatoms. The van der Waals surface area contributed by atoms with Crippen LogP contribution in [0.15, 0.2) is 83.8 Å². The fourth-order valence-corrected chi connectivity index (χ4v) is 6.00. The molecule has 0 bridgehead atoms. The van der Waals surface area contributed by atoms with Gasteiger partial charge in [-0.15, -0.1) is 0 Å². The lowest BCUT2D eigenvalue weighted by Gasteiger charge is -2.37. The summed E-state index contributed by atoms with van der Waals surface area (Å²) < 4.78 is 33.8. The number of rotatable bonds is 11. The summed E-state index contributed by atoms with van der Waals surface area (Å²) in [5, 5.41) is 15.4. The molecule has 2 amide bonds. The van der Waals surface area contributed by atoms with E-state index >= 15 is 0 Å². The molecule has 0 spiro atoms. The fourth-order valence-electron chi connectivity index (χ4n) is 3.99. The van der Waals surface area contributed by atoms with E-state index in [4.69, 9.17) is 16.3 Å². The van der Waals surface area contributed by atoms with Crippen molar-refractivity contribution in [3.05, 3.63) is 95.0 Å². The minimum Gasteiger partial charge on any atom is -0.480 e. The highest BCUT2D eigenvalue weighted by molar-refractivity contribution is 7.93. The first kappa shape index (κ1) is 31.4. The lowest BCUT2D eigenvalue weighted by Crippen LogP contribution is -2.52. The van der Waals surface area contributed by atoms with E-state index < -0.39 is 39.4 Å². The summed E-state index contributed by atoms with van der Waals surface area (Å²) in [5.74, 6) is -1.92. The number of ether oxygens (including phenoxy) is 1. The predicted octanol–water partition coefficient (Wildman–Crippen LogP) is 4.69. The number of carbonyl (C=O) groups is 3. The number of anilines is 1. The van der Waals surface area contributed by atoms with Gasteiger partial charge in [0.15, 0.2) is 0 Å². The molecule has 0 aliphatic rings. The lowest BCUT2D eigenvalue weighted by atomic mass is 9.86. The van der Waals surface area contributed by atoms with E-state index in [0.29, 0.717) is 0 Å². The Balaban J connectivity index is 1.74. The maximum Gasteiger partial charge on any atom is 0.407 e. The standard InChI is InChI=1S/C29H32ClN3O7S/c1-29(2,3)25(27(35)36)33(23-13-8-12-22(30)18-23)41(38,39)24-14-7-11-21(17-24)26(34)31-15-16-32-28(37)40-19-20-9-5-4-6-10-20/h4-14,17-18,25H,15-16,19H2,1-3H3,(H,31,34)(H,32,37)(H,35,36). The summed E-state index contributed by atoms with van der Waals surface area (Å²) in [7, 11) is -4.48. The minimum atomic E-state index is -4.48. The monoisotopic (exact) mass is 601 g/mol. The largest absolute Gasteiger partial charge is 0.480 e. The highest BCUT2D eigenvalue weighted by Crippen LogP contribution is 2.35. The van der Waals surface area contributed by atoms with Gasteiger partial charge >= 0.3 is 12.1 Å². The van der Waals surface area contributed by atoms with Crippen LogP contribution in [0.5, 0.6) is 0 Å². The van der Waals surface area contributed by atoms with E-state index in [1.165, 1.54) is 42.5 Å². The van der Waals surface area contributed by atoms with E-state index in [-0.39, 0.29) is 40.9 Å². The van der Waals surface area contributed by atoms with Crippen LogP contribution in [-0.4, -0.2) is 50.6 Å². The zero-order valence-electron chi connectivity index (χ0n) is 22.8. The normalized spacial score (nSPS) is 12.2. The number of carboxylic acid groups (broad SMARTS) is 1. The number of amides is 2. The number of nitrogens with one attached hydrogen (secondary N) is 2. The molecule has 1 unspecified atom stereocenters. The first-order valence-electron chi connectivity index (χ1n) is 12.7. The number of carbonyl (C=O) groups excluding carboxylic acids is 2. The molecule has 0 saturated heterocycles. The molecular formula is C29H32ClN3O7S. The summed E-state index contributed by atoms with van der Waals surface area (Å²) in [6, 6.07) is 18.8. The van der Waals surface area contributed by atoms with Crippen molar-refractivity contribution in [2.24, 2.45) is 5.41 Å². The summed E-state index contributed by atoms with van der Waals surface area (Å²) in [4.78, 5) is 36.8. The van der Waals surface area contributed by atoms with Crippen LogP contribution < -0.4 is 14.9 Å². The molecule has 0 aromatic heterocycles. The molecule has 3 N–H and O–H groups in total. The van der Waals surface area contributed by atoms with Gasteiger partial charge in [-0.05, 0) is 47.4 Å². The summed E-state index contributed by atoms with van der Waals surface area (Å²) in [5.41, 5.74) is -0.0750. The first-order valence-corrected chi connectivity index (χ1v) is 14.5. The Morgan fingerprint density at radius 1 is 0.927 bits per heavy atom. The predicted molar refractivity (Wildman–Crippen MR) is 155 cm³/mol. The molecule has 218 valence electrons. The van der Waals surface area contributed by atoms with Crippen LogP contribution in [0.4, 0.5) is 10.5 Å². The third-order valence-corrected chi connectivity index (χ3v) is 7.92. The summed E-state index contributed by atoms with van der Waals surface area (Å²) >= 11 is 6.12. The second kappa shape index (κ2) is 13.5. The van der Waals surface area contributed by atoms with Crippen LogP contribution in [0.2, 0.25) is 5.02 Å². The molecule has 41 heavy (non-hydrogen) atoms. The molecule has 3 aromatic carbocycles. The van der Waals surface area contributed by atoms with Crippen molar-refractivity contribution in [3.8, 4) is 0 Å². The Morgan fingerprint density at radius 3 is 2.22 bits per heavy atom. The SMILES string of the molecule is CC(C)(C)C(C(=O)O)N(c1cccc(Cl)c1)S(=O)(=O)c1cccc(C(=O)NCCNC(=O)OCc2ccccc2)c1. The molecule has 3 aromatic rings. The number of halogens is 1. The average molecular weight is 602 g/mol. The first-order chi connectivity index (χ1) is 19.3. The number of hydrogen-bond donors (Lipinski definition) is 3. The smallest absolute Gasteiger partial charge is 0.407 e. The topological polar surface area (TPSA) is 142 Å². The maximum absolute atomic E-state index is 13.9. The highest BCUT2D eigenvalue weighted by atomic mass is 35.5. The Bertz CT molecular complexity index is 1490. The third kappa shape index (κ3) is 8.45. The van der Waals surface area contributed by atoms with Crippen molar-refractivity contribution in [2.75, 3.05) is 17.4 Å². The molecule has 0 fully saturated rings. The van der Waals surface area contributed by atoms with Gasteiger partial charge in [0.2, 0.25) is 0 Å². The van der Waals surface area contributed by atoms with Gasteiger partial charge in [0, 0.05) is 23.7 Å². The summed E-state index contributed by atoms with van der Waals surface area (Å²) in [6.45, 7) is 5.09. The zero-order chi connectivity index (χ0) is 30.2. The molecule has 1 atom stereocenters. The summed E-state index contributed by atoms with van der Waals surface area (Å²) in [6.07, 6.45) is -0.649. The van der Waals surface area contributed by atoms with E-state index in [1.807, 2.05) is 30.3 Å². The van der Waals surface area contributed by atoms with Crippen molar-refractivity contribution < 1.29 is 32.6 Å². The van der Waals surface area contributed by atoms with Crippen molar-refractivity contribution in [2.45, 2.75) is 38.3 Å². The number of nitrogens with zero attached hydrogens (tertiary/aromatic N) is 1. The molecule has 10 nitrogen and oxygen atoms in total. The zero-order valence-corrected chi connectivity index (χ0v) is 24.4. The van der Waals surface area contributed by atoms with Crippen molar-refractivity contribution in [3.63, 3.8) is 0 Å².